The second-order valence-corrected chi connectivity index (χ2v) is 10.0. The molecule has 1 aliphatic heterocycles. The maximum atomic E-state index is 13.1. The molecule has 0 atom stereocenters. The highest BCUT2D eigenvalue weighted by Gasteiger charge is 2.17. The predicted molar refractivity (Wildman–Crippen MR) is 155 cm³/mol. The molecule has 0 bridgehead atoms. The molecule has 1 aromatic heterocycles. The van der Waals surface area contributed by atoms with Crippen LogP contribution in [0.25, 0.3) is 11.1 Å². The van der Waals surface area contributed by atoms with E-state index in [0.717, 1.165) is 24.2 Å². The van der Waals surface area contributed by atoms with E-state index < -0.39 is 5.91 Å². The Hall–Kier alpha value is -3.87. The monoisotopic (exact) mass is 544 g/mol. The number of hydrogen-bond acceptors (Lipinski definition) is 4. The van der Waals surface area contributed by atoms with Crippen molar-refractivity contribution in [2.24, 2.45) is 0 Å². The van der Waals surface area contributed by atoms with E-state index in [-0.39, 0.29) is 11.5 Å². The van der Waals surface area contributed by atoms with Crippen LogP contribution < -0.4 is 15.5 Å². The second-order valence-electron chi connectivity index (χ2n) is 9.14. The van der Waals surface area contributed by atoms with Crippen molar-refractivity contribution in [3.63, 3.8) is 0 Å². The Kier molecular flexibility index (Phi) is 7.91. The third-order valence-electron chi connectivity index (χ3n) is 6.49. The Labute approximate surface area is 231 Å². The average Bonchev–Trinajstić information content (AvgIpc) is 2.96. The van der Waals surface area contributed by atoms with Crippen molar-refractivity contribution in [2.45, 2.75) is 19.3 Å². The second kappa shape index (κ2) is 11.7. The predicted octanol–water partition coefficient (Wildman–Crippen LogP) is 7.55. The van der Waals surface area contributed by atoms with Crippen LogP contribution in [0.1, 0.15) is 40.0 Å². The Morgan fingerprint density at radius 2 is 1.50 bits per heavy atom. The molecule has 1 saturated heterocycles. The molecule has 0 radical (unpaired) electrons. The molecule has 0 aliphatic carbocycles. The molecule has 0 spiro atoms. The summed E-state index contributed by atoms with van der Waals surface area (Å²) in [6.45, 7) is 2.17. The normalized spacial score (nSPS) is 13.2. The van der Waals surface area contributed by atoms with E-state index >= 15 is 0 Å². The average molecular weight is 545 g/mol. The number of carbonyl (C=O) groups excluding carboxylic acids is 2. The molecule has 2 N–H and O–H groups in total. The van der Waals surface area contributed by atoms with E-state index in [9.17, 15) is 9.59 Å². The van der Waals surface area contributed by atoms with E-state index in [4.69, 9.17) is 23.2 Å². The highest BCUT2D eigenvalue weighted by molar-refractivity contribution is 6.31. The van der Waals surface area contributed by atoms with Gasteiger partial charge in [-0.25, -0.2) is 4.98 Å². The maximum Gasteiger partial charge on any atom is 0.258 e. The number of anilines is 3. The minimum Gasteiger partial charge on any atom is -0.372 e. The van der Waals surface area contributed by atoms with Crippen LogP contribution in [-0.2, 0) is 0 Å². The van der Waals surface area contributed by atoms with Crippen LogP contribution in [0.3, 0.4) is 0 Å². The van der Waals surface area contributed by atoms with Gasteiger partial charge in [-0.2, -0.15) is 0 Å². The molecule has 0 unspecified atom stereocenters. The highest BCUT2D eigenvalue weighted by atomic mass is 35.5. The minimum atomic E-state index is -0.457. The fourth-order valence-electron chi connectivity index (χ4n) is 4.49. The lowest BCUT2D eigenvalue weighted by atomic mass is 10.0. The maximum absolute atomic E-state index is 13.1. The first kappa shape index (κ1) is 25.8. The summed E-state index contributed by atoms with van der Waals surface area (Å²) in [4.78, 5) is 32.5. The van der Waals surface area contributed by atoms with Crippen molar-refractivity contribution in [1.82, 2.24) is 4.98 Å². The smallest absolute Gasteiger partial charge is 0.258 e. The summed E-state index contributed by atoms with van der Waals surface area (Å²) in [6, 6.07) is 23.9. The van der Waals surface area contributed by atoms with Crippen molar-refractivity contribution in [3.8, 4) is 11.1 Å². The van der Waals surface area contributed by atoms with Crippen LogP contribution in [0.2, 0.25) is 10.0 Å². The zero-order valence-electron chi connectivity index (χ0n) is 20.6. The van der Waals surface area contributed by atoms with Crippen molar-refractivity contribution >= 4 is 52.2 Å². The summed E-state index contributed by atoms with van der Waals surface area (Å²) < 4.78 is 0. The Morgan fingerprint density at radius 1 is 0.737 bits per heavy atom. The number of aromatic nitrogens is 1. The number of amides is 2. The van der Waals surface area contributed by atoms with E-state index in [1.165, 1.54) is 37.2 Å². The van der Waals surface area contributed by atoms with Crippen molar-refractivity contribution in [3.05, 3.63) is 106 Å². The number of nitrogens with one attached hydrogen (secondary N) is 2. The molecule has 2 heterocycles. The number of halogens is 2. The Morgan fingerprint density at radius 3 is 2.24 bits per heavy atom. The molecule has 0 saturated carbocycles. The van der Waals surface area contributed by atoms with Gasteiger partial charge in [-0.3, -0.25) is 9.59 Å². The number of nitrogens with zero attached hydrogens (tertiary/aromatic N) is 2. The van der Waals surface area contributed by atoms with Gasteiger partial charge < -0.3 is 15.5 Å². The zero-order chi connectivity index (χ0) is 26.5. The fraction of sp³-hybridized carbons (Fsp3) is 0.167. The number of pyridine rings is 1. The number of piperidine rings is 1. The van der Waals surface area contributed by atoms with Crippen LogP contribution in [0.4, 0.5) is 17.2 Å². The van der Waals surface area contributed by atoms with E-state index in [1.807, 2.05) is 12.1 Å². The van der Waals surface area contributed by atoms with E-state index in [2.05, 4.69) is 44.8 Å². The fourth-order valence-corrected chi connectivity index (χ4v) is 4.77. The van der Waals surface area contributed by atoms with Gasteiger partial charge in [0.2, 0.25) is 0 Å². The van der Waals surface area contributed by atoms with Crippen molar-refractivity contribution < 1.29 is 9.59 Å². The highest BCUT2D eigenvalue weighted by Crippen LogP contribution is 2.28. The van der Waals surface area contributed by atoms with E-state index in [1.54, 1.807) is 36.4 Å². The van der Waals surface area contributed by atoms with Crippen molar-refractivity contribution in [1.29, 1.82) is 0 Å². The third kappa shape index (κ3) is 6.15. The summed E-state index contributed by atoms with van der Waals surface area (Å²) in [5.74, 6) is -0.460. The quantitative estimate of drug-likeness (QED) is 0.262. The molecule has 2 amide bonds. The largest absolute Gasteiger partial charge is 0.372 e. The molecule has 6 nitrogen and oxygen atoms in total. The van der Waals surface area contributed by atoms with Gasteiger partial charge in [0, 0.05) is 35.6 Å². The summed E-state index contributed by atoms with van der Waals surface area (Å²) in [5.41, 5.74) is 4.39. The number of benzene rings is 3. The standard InChI is InChI=1S/C30H26Cl2N4O2/c31-23-11-13-27(26(18-23)30(38)35-28-14-12-24(32)19-33-28)34-29(37)21-9-7-20(8-10-21)22-5-4-6-25(17-22)36-15-2-1-3-16-36/h4-14,17-19H,1-3,15-16H2,(H,34,37)(H,33,35,38). The molecule has 38 heavy (non-hydrogen) atoms. The van der Waals surface area contributed by atoms with Gasteiger partial charge in [-0.1, -0.05) is 47.5 Å². The van der Waals surface area contributed by atoms with Crippen LogP contribution in [0.15, 0.2) is 85.1 Å². The number of carbonyl (C=O) groups is 2. The first-order valence-electron chi connectivity index (χ1n) is 12.5. The number of rotatable bonds is 6. The van der Waals surface area contributed by atoms with Gasteiger partial charge in [0.1, 0.15) is 5.82 Å². The van der Waals surface area contributed by atoms with Crippen LogP contribution in [-0.4, -0.2) is 29.9 Å². The molecule has 4 aromatic rings. The Balaban J connectivity index is 1.31. The van der Waals surface area contributed by atoms with Gasteiger partial charge >= 0.3 is 0 Å². The molecule has 3 aromatic carbocycles. The lowest BCUT2D eigenvalue weighted by molar-refractivity contribution is 0.102. The lowest BCUT2D eigenvalue weighted by Crippen LogP contribution is -2.29. The molecule has 1 aliphatic rings. The van der Waals surface area contributed by atoms with Gasteiger partial charge in [0.25, 0.3) is 11.8 Å². The van der Waals surface area contributed by atoms with Crippen LogP contribution >= 0.6 is 23.2 Å². The molecular formula is C30H26Cl2N4O2. The summed E-state index contributed by atoms with van der Waals surface area (Å²) in [7, 11) is 0. The summed E-state index contributed by atoms with van der Waals surface area (Å²) in [6.07, 6.45) is 5.18. The third-order valence-corrected chi connectivity index (χ3v) is 6.95. The number of hydrogen-bond donors (Lipinski definition) is 2. The van der Waals surface area contributed by atoms with Gasteiger partial charge in [0.15, 0.2) is 0 Å². The topological polar surface area (TPSA) is 74.3 Å². The van der Waals surface area contributed by atoms with Gasteiger partial charge in [-0.15, -0.1) is 0 Å². The molecular weight excluding hydrogens is 519 g/mol. The van der Waals surface area contributed by atoms with Crippen LogP contribution in [0, 0.1) is 0 Å². The minimum absolute atomic E-state index is 0.216. The SMILES string of the molecule is O=C(Nc1ccc(Cl)cc1C(=O)Nc1ccc(Cl)cn1)c1ccc(-c2cccc(N3CCCCC3)c2)cc1. The van der Waals surface area contributed by atoms with E-state index in [0.29, 0.717) is 27.1 Å². The zero-order valence-corrected chi connectivity index (χ0v) is 22.1. The van der Waals surface area contributed by atoms with Gasteiger partial charge in [-0.05, 0) is 85.0 Å². The first-order valence-corrected chi connectivity index (χ1v) is 13.2. The lowest BCUT2D eigenvalue weighted by Gasteiger charge is -2.29. The summed E-state index contributed by atoms with van der Waals surface area (Å²) in [5, 5.41) is 6.36. The molecule has 5 rings (SSSR count). The molecule has 192 valence electrons. The van der Waals surface area contributed by atoms with Crippen LogP contribution in [0.5, 0.6) is 0 Å². The van der Waals surface area contributed by atoms with Crippen molar-refractivity contribution in [2.75, 3.05) is 28.6 Å². The molecule has 1 fully saturated rings. The first-order chi connectivity index (χ1) is 18.5. The van der Waals surface area contributed by atoms with Gasteiger partial charge in [0.05, 0.1) is 16.3 Å². The molecule has 8 heteroatoms. The Bertz CT molecular complexity index is 1450. The summed E-state index contributed by atoms with van der Waals surface area (Å²) >= 11 is 12.0.